The molecule has 262 valence electrons. The smallest absolute Gasteiger partial charge is 0.330 e. The van der Waals surface area contributed by atoms with Crippen molar-refractivity contribution in [2.45, 2.75) is 55.9 Å². The van der Waals surface area contributed by atoms with Crippen LogP contribution >= 0.6 is 22.9 Å². The number of piperazine rings is 1. The van der Waals surface area contributed by atoms with Gasteiger partial charge in [-0.2, -0.15) is 15.2 Å². The molecular formula is C34H30ClF3N10O2S. The molecule has 4 fully saturated rings. The Morgan fingerprint density at radius 1 is 1.16 bits per heavy atom. The van der Waals surface area contributed by atoms with Gasteiger partial charge in [-0.15, -0.1) is 0 Å². The van der Waals surface area contributed by atoms with Gasteiger partial charge in [0.05, 0.1) is 20.8 Å². The van der Waals surface area contributed by atoms with E-state index < -0.39 is 23.3 Å². The maximum Gasteiger partial charge on any atom is 0.330 e. The number of ether oxygens (including phenoxy) is 1. The van der Waals surface area contributed by atoms with Crippen LogP contribution in [-0.2, 0) is 0 Å². The SMILES string of the molecule is N#Cc1nccn1C(=O)N1CC2CCC(C1)N2c1nc(OC[C@@]23CCCN2C[C@H](F)C3)nc2c(F)c(-c3ccc(F)c4sc(N)nc34)c(Cl)cc12. The molecule has 3 aromatic heterocycles. The van der Waals surface area contributed by atoms with Crippen LogP contribution in [0.3, 0.4) is 0 Å². The van der Waals surface area contributed by atoms with E-state index >= 15 is 4.39 Å². The number of carbonyl (C=O) groups excluding carboxylic acids is 1. The van der Waals surface area contributed by atoms with E-state index in [0.29, 0.717) is 37.3 Å². The standard InChI is InChI=1S/C34H30ClF3N10O2S/c35-22-10-21-27(26(38)25(22)20-4-5-23(37)29-28(20)42-31(40)51-29)43-32(50-16-34-6-1-8-46(34)13-17(36)11-34)44-30(21)48-18-2-3-19(48)15-45(14-18)33(49)47-9-7-41-24(47)12-39/h4-5,7,9-10,17-19H,1-3,6,8,11,13-16H2,(H2,40,42)/t17-,18?,19?,34+/m1/s1. The van der Waals surface area contributed by atoms with E-state index in [-0.39, 0.29) is 73.6 Å². The zero-order valence-electron chi connectivity index (χ0n) is 27.0. The van der Waals surface area contributed by atoms with Crippen molar-refractivity contribution in [3.63, 3.8) is 0 Å². The normalized spacial score (nSPS) is 24.5. The predicted molar refractivity (Wildman–Crippen MR) is 185 cm³/mol. The number of likely N-dealkylation sites (tertiary alicyclic amines) is 1. The maximum atomic E-state index is 17.0. The van der Waals surface area contributed by atoms with E-state index in [1.807, 2.05) is 6.07 Å². The Morgan fingerprint density at radius 3 is 2.75 bits per heavy atom. The summed E-state index contributed by atoms with van der Waals surface area (Å²) in [5.41, 5.74) is 5.81. The van der Waals surface area contributed by atoms with Crippen molar-refractivity contribution >= 4 is 61.0 Å². The molecule has 51 heavy (non-hydrogen) atoms. The summed E-state index contributed by atoms with van der Waals surface area (Å²) in [6.07, 6.45) is 5.40. The first-order valence-electron chi connectivity index (χ1n) is 16.7. The second-order valence-corrected chi connectivity index (χ2v) is 15.1. The van der Waals surface area contributed by atoms with E-state index in [9.17, 15) is 18.8 Å². The highest BCUT2D eigenvalue weighted by atomic mass is 35.5. The Bertz CT molecular complexity index is 2280. The van der Waals surface area contributed by atoms with Crippen LogP contribution in [0, 0.1) is 23.0 Å². The van der Waals surface area contributed by atoms with E-state index in [0.717, 1.165) is 43.6 Å². The minimum absolute atomic E-state index is 0.000286. The molecule has 7 heterocycles. The zero-order valence-corrected chi connectivity index (χ0v) is 28.6. The molecule has 0 saturated carbocycles. The Balaban J connectivity index is 1.15. The molecule has 17 heteroatoms. The Hall–Kier alpha value is -4.72. The van der Waals surface area contributed by atoms with Crippen molar-refractivity contribution < 1.29 is 22.7 Å². The molecule has 4 saturated heterocycles. The molecule has 4 aliphatic heterocycles. The topological polar surface area (TPSA) is 142 Å². The molecule has 5 aromatic rings. The van der Waals surface area contributed by atoms with Crippen LogP contribution in [0.1, 0.15) is 37.9 Å². The highest BCUT2D eigenvalue weighted by molar-refractivity contribution is 7.22. The number of alkyl halides is 1. The number of nitriles is 1. The van der Waals surface area contributed by atoms with Gasteiger partial charge >= 0.3 is 12.0 Å². The highest BCUT2D eigenvalue weighted by Gasteiger charge is 2.50. The fourth-order valence-electron chi connectivity index (χ4n) is 8.61. The number of aromatic nitrogens is 5. The number of nitrogens with two attached hydrogens (primary N) is 1. The molecular weight excluding hydrogens is 705 g/mol. The van der Waals surface area contributed by atoms with E-state index in [2.05, 4.69) is 24.8 Å². The molecule has 4 atom stereocenters. The fourth-order valence-corrected chi connectivity index (χ4v) is 9.67. The molecule has 2 unspecified atom stereocenters. The summed E-state index contributed by atoms with van der Waals surface area (Å²) in [4.78, 5) is 37.1. The van der Waals surface area contributed by atoms with Gasteiger partial charge in [-0.05, 0) is 50.4 Å². The summed E-state index contributed by atoms with van der Waals surface area (Å²) >= 11 is 7.83. The number of nitrogens with zero attached hydrogens (tertiary/aromatic N) is 9. The average Bonchev–Trinajstić information content (AvgIpc) is 3.93. The minimum atomic E-state index is -0.961. The predicted octanol–water partition coefficient (Wildman–Crippen LogP) is 5.76. The molecule has 2 N–H and O–H groups in total. The maximum absolute atomic E-state index is 17.0. The summed E-state index contributed by atoms with van der Waals surface area (Å²) in [5, 5.41) is 9.95. The second kappa shape index (κ2) is 11.9. The average molecular weight is 735 g/mol. The highest BCUT2D eigenvalue weighted by Crippen LogP contribution is 2.45. The Morgan fingerprint density at radius 2 is 1.96 bits per heavy atom. The summed E-state index contributed by atoms with van der Waals surface area (Å²) in [6, 6.07) is 5.37. The zero-order chi connectivity index (χ0) is 35.2. The van der Waals surface area contributed by atoms with Gasteiger partial charge in [0.1, 0.15) is 36.0 Å². The summed E-state index contributed by atoms with van der Waals surface area (Å²) < 4.78 is 54.1. The first-order chi connectivity index (χ1) is 24.6. The fraction of sp³-hybridized carbons (Fsp3) is 0.412. The number of amides is 1. The van der Waals surface area contributed by atoms with Gasteiger partial charge in [0.2, 0.25) is 5.82 Å². The van der Waals surface area contributed by atoms with Crippen LogP contribution < -0.4 is 15.4 Å². The van der Waals surface area contributed by atoms with Crippen LogP contribution in [0.4, 0.5) is 28.9 Å². The van der Waals surface area contributed by atoms with Crippen molar-refractivity contribution in [1.82, 2.24) is 34.3 Å². The summed E-state index contributed by atoms with van der Waals surface area (Å²) in [6.45, 7) is 1.90. The molecule has 1 amide bonds. The number of carbonyl (C=O) groups is 1. The van der Waals surface area contributed by atoms with Gasteiger partial charge in [-0.25, -0.2) is 32.5 Å². The second-order valence-electron chi connectivity index (χ2n) is 13.7. The lowest BCUT2D eigenvalue weighted by atomic mass is 9.95. The van der Waals surface area contributed by atoms with Gasteiger partial charge in [0.25, 0.3) is 0 Å². The number of hydrogen-bond acceptors (Lipinski definition) is 11. The lowest BCUT2D eigenvalue weighted by Crippen LogP contribution is -2.56. The van der Waals surface area contributed by atoms with E-state index in [1.54, 1.807) is 11.0 Å². The summed E-state index contributed by atoms with van der Waals surface area (Å²) in [7, 11) is 0. The van der Waals surface area contributed by atoms with Crippen molar-refractivity contribution in [3.05, 3.63) is 53.1 Å². The Labute approximate surface area is 298 Å². The van der Waals surface area contributed by atoms with E-state index in [1.165, 1.54) is 29.1 Å². The molecule has 2 aromatic carbocycles. The molecule has 2 bridgehead atoms. The first kappa shape index (κ1) is 32.2. The van der Waals surface area contributed by atoms with Crippen molar-refractivity contribution in [1.29, 1.82) is 5.26 Å². The van der Waals surface area contributed by atoms with Crippen LogP contribution in [0.15, 0.2) is 30.6 Å². The number of benzene rings is 2. The van der Waals surface area contributed by atoms with Gasteiger partial charge in [-0.1, -0.05) is 22.9 Å². The number of anilines is 2. The molecule has 12 nitrogen and oxygen atoms in total. The third kappa shape index (κ3) is 5.07. The van der Waals surface area contributed by atoms with Gasteiger partial charge in [0, 0.05) is 67.0 Å². The number of fused-ring (bicyclic) bond motifs is 5. The Kier molecular flexibility index (Phi) is 7.53. The van der Waals surface area contributed by atoms with Gasteiger partial charge in [-0.3, -0.25) is 4.90 Å². The van der Waals surface area contributed by atoms with Crippen molar-refractivity contribution in [2.75, 3.05) is 43.4 Å². The molecule has 0 spiro atoms. The lowest BCUT2D eigenvalue weighted by Gasteiger charge is -2.42. The summed E-state index contributed by atoms with van der Waals surface area (Å²) in [5.74, 6) is -0.894. The number of imidazole rings is 1. The first-order valence-corrected chi connectivity index (χ1v) is 17.9. The van der Waals surface area contributed by atoms with Gasteiger partial charge < -0.3 is 20.3 Å². The molecule has 4 aliphatic rings. The number of rotatable bonds is 5. The van der Waals surface area contributed by atoms with E-state index in [4.69, 9.17) is 27.1 Å². The number of hydrogen-bond donors (Lipinski definition) is 1. The third-order valence-electron chi connectivity index (χ3n) is 10.8. The quantitative estimate of drug-likeness (QED) is 0.237. The third-order valence-corrected chi connectivity index (χ3v) is 12.0. The largest absolute Gasteiger partial charge is 0.461 e. The van der Waals surface area contributed by atoms with Crippen molar-refractivity contribution in [3.8, 4) is 23.2 Å². The van der Waals surface area contributed by atoms with Gasteiger partial charge in [0.15, 0.2) is 10.9 Å². The molecule has 9 rings (SSSR count). The van der Waals surface area contributed by atoms with Crippen LogP contribution in [-0.4, -0.2) is 96.9 Å². The monoisotopic (exact) mass is 734 g/mol. The molecule has 0 aliphatic carbocycles. The number of halogens is 4. The lowest BCUT2D eigenvalue weighted by molar-refractivity contribution is 0.107. The van der Waals surface area contributed by atoms with Crippen LogP contribution in [0.2, 0.25) is 5.02 Å². The number of thiazole rings is 1. The van der Waals surface area contributed by atoms with Crippen molar-refractivity contribution in [2.24, 2.45) is 0 Å². The molecule has 0 radical (unpaired) electrons. The van der Waals surface area contributed by atoms with Crippen LogP contribution in [0.5, 0.6) is 6.01 Å². The van der Waals surface area contributed by atoms with Crippen LogP contribution in [0.25, 0.3) is 32.2 Å². The minimum Gasteiger partial charge on any atom is -0.461 e. The number of nitrogen functional groups attached to an aromatic ring is 1.